The van der Waals surface area contributed by atoms with E-state index in [1.54, 1.807) is 0 Å². The molecule has 0 radical (unpaired) electrons. The SMILES string of the molecule is CNCC1OC(c2ccccc2)c2ccccc21. The van der Waals surface area contributed by atoms with Crippen molar-refractivity contribution in [3.8, 4) is 0 Å². The molecule has 2 atom stereocenters. The summed E-state index contributed by atoms with van der Waals surface area (Å²) in [5.74, 6) is 0. The van der Waals surface area contributed by atoms with Crippen molar-refractivity contribution in [2.75, 3.05) is 13.6 Å². The first-order chi connectivity index (χ1) is 8.90. The summed E-state index contributed by atoms with van der Waals surface area (Å²) in [5, 5.41) is 3.20. The van der Waals surface area contributed by atoms with Crippen LogP contribution in [-0.2, 0) is 4.74 Å². The summed E-state index contributed by atoms with van der Waals surface area (Å²) >= 11 is 0. The van der Waals surface area contributed by atoms with Gasteiger partial charge < -0.3 is 10.1 Å². The molecule has 2 aromatic rings. The number of hydrogen-bond acceptors (Lipinski definition) is 2. The molecule has 0 amide bonds. The maximum absolute atomic E-state index is 6.20. The summed E-state index contributed by atoms with van der Waals surface area (Å²) in [6, 6.07) is 18.9. The van der Waals surface area contributed by atoms with Crippen LogP contribution in [0.3, 0.4) is 0 Å². The molecule has 2 nitrogen and oxygen atoms in total. The number of ether oxygens (including phenoxy) is 1. The first-order valence-electron chi connectivity index (χ1n) is 6.34. The fourth-order valence-electron chi connectivity index (χ4n) is 2.58. The Kier molecular flexibility index (Phi) is 3.13. The number of benzene rings is 2. The Morgan fingerprint density at radius 2 is 1.61 bits per heavy atom. The maximum atomic E-state index is 6.20. The Morgan fingerprint density at radius 3 is 2.33 bits per heavy atom. The molecule has 18 heavy (non-hydrogen) atoms. The molecule has 2 heteroatoms. The van der Waals surface area contributed by atoms with Crippen LogP contribution < -0.4 is 5.32 Å². The summed E-state index contributed by atoms with van der Waals surface area (Å²) in [6.07, 6.45) is 0.220. The second kappa shape index (κ2) is 4.92. The van der Waals surface area contributed by atoms with Crippen LogP contribution in [0.15, 0.2) is 54.6 Å². The van der Waals surface area contributed by atoms with Gasteiger partial charge in [0.25, 0.3) is 0 Å². The molecule has 92 valence electrons. The lowest BCUT2D eigenvalue weighted by molar-refractivity contribution is 0.0351. The fourth-order valence-corrected chi connectivity index (χ4v) is 2.58. The van der Waals surface area contributed by atoms with Gasteiger partial charge in [-0.2, -0.15) is 0 Å². The van der Waals surface area contributed by atoms with Crippen LogP contribution in [0.25, 0.3) is 0 Å². The zero-order valence-corrected chi connectivity index (χ0v) is 10.5. The van der Waals surface area contributed by atoms with E-state index in [1.807, 2.05) is 13.1 Å². The molecule has 1 aliphatic rings. The van der Waals surface area contributed by atoms with Crippen molar-refractivity contribution < 1.29 is 4.74 Å². The summed E-state index contributed by atoms with van der Waals surface area (Å²) < 4.78 is 6.20. The molecule has 2 aromatic carbocycles. The Bertz CT molecular complexity index is 524. The molecule has 0 bridgehead atoms. The number of nitrogens with one attached hydrogen (secondary N) is 1. The lowest BCUT2D eigenvalue weighted by atomic mass is 9.98. The molecule has 0 aromatic heterocycles. The summed E-state index contributed by atoms with van der Waals surface area (Å²) in [4.78, 5) is 0. The molecule has 1 aliphatic heterocycles. The third-order valence-corrected chi connectivity index (χ3v) is 3.42. The normalized spacial score (nSPS) is 21.8. The van der Waals surface area contributed by atoms with Crippen molar-refractivity contribution in [3.63, 3.8) is 0 Å². The van der Waals surface area contributed by atoms with Crippen molar-refractivity contribution in [1.29, 1.82) is 0 Å². The second-order valence-electron chi connectivity index (χ2n) is 4.60. The van der Waals surface area contributed by atoms with E-state index in [4.69, 9.17) is 4.74 Å². The molecule has 0 aliphatic carbocycles. The molecular weight excluding hydrogens is 222 g/mol. The summed E-state index contributed by atoms with van der Waals surface area (Å²) in [6.45, 7) is 0.848. The van der Waals surface area contributed by atoms with Gasteiger partial charge in [-0.25, -0.2) is 0 Å². The van der Waals surface area contributed by atoms with Crippen LogP contribution in [0.4, 0.5) is 0 Å². The molecule has 1 N–H and O–H groups in total. The van der Waals surface area contributed by atoms with Crippen molar-refractivity contribution in [2.24, 2.45) is 0 Å². The van der Waals surface area contributed by atoms with Gasteiger partial charge >= 0.3 is 0 Å². The van der Waals surface area contributed by atoms with Gasteiger partial charge in [-0.3, -0.25) is 0 Å². The predicted molar refractivity (Wildman–Crippen MR) is 72.5 cm³/mol. The predicted octanol–water partition coefficient (Wildman–Crippen LogP) is 3.07. The molecule has 3 rings (SSSR count). The standard InChI is InChI=1S/C16H17NO/c1-17-11-15-13-9-5-6-10-14(13)16(18-15)12-7-3-2-4-8-12/h2-10,15-17H,11H2,1H3. The topological polar surface area (TPSA) is 21.3 Å². The van der Waals surface area contributed by atoms with Gasteiger partial charge in [-0.1, -0.05) is 54.6 Å². The minimum Gasteiger partial charge on any atom is -0.360 e. The van der Waals surface area contributed by atoms with E-state index in [0.29, 0.717) is 0 Å². The third-order valence-electron chi connectivity index (χ3n) is 3.42. The van der Waals surface area contributed by atoms with Crippen LogP contribution in [0.2, 0.25) is 0 Å². The second-order valence-corrected chi connectivity index (χ2v) is 4.60. The number of fused-ring (bicyclic) bond motifs is 1. The highest BCUT2D eigenvalue weighted by atomic mass is 16.5. The van der Waals surface area contributed by atoms with Crippen molar-refractivity contribution in [1.82, 2.24) is 5.32 Å². The van der Waals surface area contributed by atoms with E-state index in [-0.39, 0.29) is 12.2 Å². The van der Waals surface area contributed by atoms with E-state index < -0.39 is 0 Å². The number of hydrogen-bond donors (Lipinski definition) is 1. The Balaban J connectivity index is 1.99. The monoisotopic (exact) mass is 239 g/mol. The van der Waals surface area contributed by atoms with Crippen molar-refractivity contribution in [3.05, 3.63) is 71.3 Å². The van der Waals surface area contributed by atoms with Gasteiger partial charge in [0.05, 0.1) is 6.10 Å². The first kappa shape index (κ1) is 11.5. The van der Waals surface area contributed by atoms with E-state index in [9.17, 15) is 0 Å². The van der Waals surface area contributed by atoms with Crippen LogP contribution >= 0.6 is 0 Å². The minimum atomic E-state index is 0.0701. The zero-order valence-electron chi connectivity index (χ0n) is 10.5. The summed E-state index contributed by atoms with van der Waals surface area (Å²) in [7, 11) is 1.96. The van der Waals surface area contributed by atoms with Gasteiger partial charge in [0.1, 0.15) is 6.10 Å². The zero-order chi connectivity index (χ0) is 12.4. The van der Waals surface area contributed by atoms with E-state index in [0.717, 1.165) is 6.54 Å². The Hall–Kier alpha value is -1.64. The van der Waals surface area contributed by atoms with E-state index in [1.165, 1.54) is 16.7 Å². The maximum Gasteiger partial charge on any atom is 0.109 e. The largest absolute Gasteiger partial charge is 0.360 e. The molecular formula is C16H17NO. The van der Waals surface area contributed by atoms with Gasteiger partial charge in [0, 0.05) is 6.54 Å². The first-order valence-corrected chi connectivity index (χ1v) is 6.34. The molecule has 2 unspecified atom stereocenters. The Morgan fingerprint density at radius 1 is 0.944 bits per heavy atom. The molecule has 1 heterocycles. The van der Waals surface area contributed by atoms with E-state index >= 15 is 0 Å². The van der Waals surface area contributed by atoms with E-state index in [2.05, 4.69) is 53.8 Å². The van der Waals surface area contributed by atoms with Gasteiger partial charge in [-0.05, 0) is 23.7 Å². The lowest BCUT2D eigenvalue weighted by Gasteiger charge is -2.14. The molecule has 0 spiro atoms. The number of likely N-dealkylation sites (N-methyl/N-ethyl adjacent to an activating group) is 1. The highest BCUT2D eigenvalue weighted by Gasteiger charge is 2.31. The van der Waals surface area contributed by atoms with Crippen LogP contribution in [0.1, 0.15) is 28.9 Å². The fraction of sp³-hybridized carbons (Fsp3) is 0.250. The van der Waals surface area contributed by atoms with Gasteiger partial charge in [0.15, 0.2) is 0 Å². The third kappa shape index (κ3) is 1.94. The van der Waals surface area contributed by atoms with Crippen molar-refractivity contribution in [2.45, 2.75) is 12.2 Å². The smallest absolute Gasteiger partial charge is 0.109 e. The average Bonchev–Trinajstić information content (AvgIpc) is 2.80. The van der Waals surface area contributed by atoms with Crippen molar-refractivity contribution >= 4 is 0 Å². The minimum absolute atomic E-state index is 0.0701. The summed E-state index contributed by atoms with van der Waals surface area (Å²) in [5.41, 5.74) is 3.83. The molecule has 0 saturated heterocycles. The highest BCUT2D eigenvalue weighted by Crippen LogP contribution is 2.42. The quantitative estimate of drug-likeness (QED) is 0.888. The molecule has 0 fully saturated rings. The lowest BCUT2D eigenvalue weighted by Crippen LogP contribution is -2.16. The van der Waals surface area contributed by atoms with Crippen LogP contribution in [0.5, 0.6) is 0 Å². The van der Waals surface area contributed by atoms with Crippen LogP contribution in [0, 0.1) is 0 Å². The number of rotatable bonds is 3. The highest BCUT2D eigenvalue weighted by molar-refractivity contribution is 5.40. The van der Waals surface area contributed by atoms with Crippen LogP contribution in [-0.4, -0.2) is 13.6 Å². The molecule has 0 saturated carbocycles. The van der Waals surface area contributed by atoms with Gasteiger partial charge in [-0.15, -0.1) is 0 Å². The Labute approximate surface area is 108 Å². The average molecular weight is 239 g/mol. The van der Waals surface area contributed by atoms with Gasteiger partial charge in [0.2, 0.25) is 0 Å².